The summed E-state index contributed by atoms with van der Waals surface area (Å²) in [5.74, 6) is 2.07. The molecule has 1 N–H and O–H groups in total. The fourth-order valence-electron chi connectivity index (χ4n) is 3.21. The van der Waals surface area contributed by atoms with Gasteiger partial charge in [-0.3, -0.25) is 4.79 Å². The summed E-state index contributed by atoms with van der Waals surface area (Å²) < 4.78 is 5.34. The van der Waals surface area contributed by atoms with Crippen molar-refractivity contribution >= 4 is 35.1 Å². The second-order valence-corrected chi connectivity index (χ2v) is 7.44. The predicted octanol–water partition coefficient (Wildman–Crippen LogP) is 2.36. The number of cyclic esters (lactones) is 1. The zero-order valence-electron chi connectivity index (χ0n) is 14.2. The SMILES string of the molecule is O=C1O[C@@H](C(=O)Nc2cccnc2N2CCSCC2)Cc2ccccc21. The molecule has 2 aliphatic heterocycles. The molecule has 1 amide bonds. The summed E-state index contributed by atoms with van der Waals surface area (Å²) in [4.78, 5) is 31.5. The monoisotopic (exact) mass is 369 g/mol. The Labute approximate surface area is 155 Å². The normalized spacial score (nSPS) is 19.5. The molecule has 26 heavy (non-hydrogen) atoms. The Morgan fingerprint density at radius 1 is 1.19 bits per heavy atom. The third-order valence-corrected chi connectivity index (χ3v) is 5.48. The fourth-order valence-corrected chi connectivity index (χ4v) is 4.12. The molecule has 2 aliphatic rings. The van der Waals surface area contributed by atoms with E-state index in [1.165, 1.54) is 0 Å². The summed E-state index contributed by atoms with van der Waals surface area (Å²) >= 11 is 1.92. The van der Waals surface area contributed by atoms with E-state index < -0.39 is 12.1 Å². The van der Waals surface area contributed by atoms with E-state index >= 15 is 0 Å². The molecule has 134 valence electrons. The van der Waals surface area contributed by atoms with Gasteiger partial charge in [-0.2, -0.15) is 11.8 Å². The molecular weight excluding hydrogens is 350 g/mol. The van der Waals surface area contributed by atoms with Crippen LogP contribution >= 0.6 is 11.8 Å². The summed E-state index contributed by atoms with van der Waals surface area (Å²) in [6.45, 7) is 1.80. The topological polar surface area (TPSA) is 71.5 Å². The molecule has 6 nitrogen and oxygen atoms in total. The number of hydrogen-bond acceptors (Lipinski definition) is 6. The van der Waals surface area contributed by atoms with Crippen LogP contribution in [0.1, 0.15) is 15.9 Å². The molecule has 7 heteroatoms. The van der Waals surface area contributed by atoms with Crippen molar-refractivity contribution in [2.24, 2.45) is 0 Å². The third kappa shape index (κ3) is 3.39. The Morgan fingerprint density at radius 3 is 2.85 bits per heavy atom. The van der Waals surface area contributed by atoms with Gasteiger partial charge in [0.1, 0.15) is 0 Å². The number of ether oxygens (including phenoxy) is 1. The van der Waals surface area contributed by atoms with Gasteiger partial charge in [-0.1, -0.05) is 18.2 Å². The second-order valence-electron chi connectivity index (χ2n) is 6.22. The molecule has 0 spiro atoms. The largest absolute Gasteiger partial charge is 0.448 e. The van der Waals surface area contributed by atoms with Gasteiger partial charge in [0, 0.05) is 37.2 Å². The molecule has 0 bridgehead atoms. The summed E-state index contributed by atoms with van der Waals surface area (Å²) in [7, 11) is 0. The number of hydrogen-bond donors (Lipinski definition) is 1. The number of amides is 1. The Balaban J connectivity index is 1.52. The number of carbonyl (C=O) groups is 2. The van der Waals surface area contributed by atoms with E-state index in [4.69, 9.17) is 4.74 Å². The number of esters is 1. The van der Waals surface area contributed by atoms with Crippen LogP contribution in [-0.2, 0) is 16.0 Å². The van der Waals surface area contributed by atoms with Gasteiger partial charge < -0.3 is 15.0 Å². The van der Waals surface area contributed by atoms with Gasteiger partial charge >= 0.3 is 5.97 Å². The van der Waals surface area contributed by atoms with Crippen LogP contribution in [0, 0.1) is 0 Å². The van der Waals surface area contributed by atoms with Gasteiger partial charge in [-0.15, -0.1) is 0 Å². The van der Waals surface area contributed by atoms with Crippen molar-refractivity contribution in [3.63, 3.8) is 0 Å². The van der Waals surface area contributed by atoms with Crippen molar-refractivity contribution in [1.29, 1.82) is 0 Å². The van der Waals surface area contributed by atoms with Crippen LogP contribution in [0.3, 0.4) is 0 Å². The predicted molar refractivity (Wildman–Crippen MR) is 102 cm³/mol. The number of fused-ring (bicyclic) bond motifs is 1. The van der Waals surface area contributed by atoms with Crippen molar-refractivity contribution in [2.45, 2.75) is 12.5 Å². The third-order valence-electron chi connectivity index (χ3n) is 4.54. The van der Waals surface area contributed by atoms with E-state index in [0.29, 0.717) is 17.7 Å². The Kier molecular flexibility index (Phi) is 4.79. The van der Waals surface area contributed by atoms with Crippen molar-refractivity contribution < 1.29 is 14.3 Å². The quantitative estimate of drug-likeness (QED) is 0.838. The highest BCUT2D eigenvalue weighted by molar-refractivity contribution is 7.99. The van der Waals surface area contributed by atoms with E-state index in [9.17, 15) is 9.59 Å². The Morgan fingerprint density at radius 2 is 2.00 bits per heavy atom. The summed E-state index contributed by atoms with van der Waals surface area (Å²) in [6.07, 6.45) is 1.27. The van der Waals surface area contributed by atoms with E-state index in [2.05, 4.69) is 15.2 Å². The standard InChI is InChI=1S/C19H19N3O3S/c23-18(16-12-13-4-1-2-5-14(13)19(24)25-16)21-15-6-3-7-20-17(15)22-8-10-26-11-9-22/h1-7,16H,8-12H2,(H,21,23)/t16-/m1/s1. The number of nitrogens with one attached hydrogen (secondary N) is 1. The molecule has 0 unspecified atom stereocenters. The molecule has 0 aliphatic carbocycles. The van der Waals surface area contributed by atoms with E-state index in [0.717, 1.165) is 36.0 Å². The lowest BCUT2D eigenvalue weighted by atomic mass is 9.98. The number of carbonyl (C=O) groups excluding carboxylic acids is 2. The molecule has 3 heterocycles. The molecule has 1 saturated heterocycles. The van der Waals surface area contributed by atoms with Gasteiger partial charge in [0.15, 0.2) is 11.9 Å². The maximum absolute atomic E-state index is 12.7. The van der Waals surface area contributed by atoms with Crippen molar-refractivity contribution in [3.05, 3.63) is 53.7 Å². The Hall–Kier alpha value is -2.54. The first kappa shape index (κ1) is 16.9. The molecule has 1 aromatic heterocycles. The molecule has 1 fully saturated rings. The zero-order valence-corrected chi connectivity index (χ0v) is 15.0. The molecule has 2 aromatic rings. The number of aromatic nitrogens is 1. The first-order chi connectivity index (χ1) is 12.7. The molecule has 0 saturated carbocycles. The zero-order chi connectivity index (χ0) is 17.9. The van der Waals surface area contributed by atoms with Crippen LogP contribution < -0.4 is 10.2 Å². The van der Waals surface area contributed by atoms with Gasteiger partial charge in [0.2, 0.25) is 0 Å². The van der Waals surface area contributed by atoms with Crippen LogP contribution in [0.15, 0.2) is 42.6 Å². The lowest BCUT2D eigenvalue weighted by Crippen LogP contribution is -2.39. The number of thioether (sulfide) groups is 1. The van der Waals surface area contributed by atoms with Crippen LogP contribution in [0.5, 0.6) is 0 Å². The minimum absolute atomic E-state index is 0.325. The molecular formula is C19H19N3O3S. The summed E-state index contributed by atoms with van der Waals surface area (Å²) in [5, 5.41) is 2.90. The van der Waals surface area contributed by atoms with Gasteiger partial charge in [-0.25, -0.2) is 9.78 Å². The molecule has 4 rings (SSSR count). The van der Waals surface area contributed by atoms with Gasteiger partial charge in [0.05, 0.1) is 11.3 Å². The molecule has 1 atom stereocenters. The minimum Gasteiger partial charge on any atom is -0.448 e. The first-order valence-electron chi connectivity index (χ1n) is 8.60. The van der Waals surface area contributed by atoms with Crippen molar-refractivity contribution in [3.8, 4) is 0 Å². The van der Waals surface area contributed by atoms with Crippen LogP contribution in [-0.4, -0.2) is 47.6 Å². The van der Waals surface area contributed by atoms with E-state index in [1.807, 2.05) is 30.0 Å². The highest BCUT2D eigenvalue weighted by atomic mass is 32.2. The Bertz CT molecular complexity index is 836. The van der Waals surface area contributed by atoms with Crippen molar-refractivity contribution in [2.75, 3.05) is 34.8 Å². The summed E-state index contributed by atoms with van der Waals surface area (Å²) in [5.41, 5.74) is 2.02. The van der Waals surface area contributed by atoms with Crippen LogP contribution in [0.25, 0.3) is 0 Å². The minimum atomic E-state index is -0.831. The smallest absolute Gasteiger partial charge is 0.339 e. The maximum Gasteiger partial charge on any atom is 0.339 e. The average Bonchev–Trinajstić information content (AvgIpc) is 2.69. The van der Waals surface area contributed by atoms with Gasteiger partial charge in [0.25, 0.3) is 5.91 Å². The number of nitrogens with zero attached hydrogens (tertiary/aromatic N) is 2. The number of pyridine rings is 1. The van der Waals surface area contributed by atoms with E-state index in [1.54, 1.807) is 24.4 Å². The number of anilines is 2. The first-order valence-corrected chi connectivity index (χ1v) is 9.75. The lowest BCUT2D eigenvalue weighted by molar-refractivity contribution is -0.125. The average molecular weight is 369 g/mol. The fraction of sp³-hybridized carbons (Fsp3) is 0.316. The maximum atomic E-state index is 12.7. The van der Waals surface area contributed by atoms with Crippen LogP contribution in [0.2, 0.25) is 0 Å². The second kappa shape index (κ2) is 7.37. The highest BCUT2D eigenvalue weighted by Gasteiger charge is 2.31. The van der Waals surface area contributed by atoms with Crippen LogP contribution in [0.4, 0.5) is 11.5 Å². The van der Waals surface area contributed by atoms with E-state index in [-0.39, 0.29) is 5.91 Å². The molecule has 1 aromatic carbocycles. The summed E-state index contributed by atoms with van der Waals surface area (Å²) in [6, 6.07) is 10.9. The number of rotatable bonds is 3. The molecule has 0 radical (unpaired) electrons. The van der Waals surface area contributed by atoms with Crippen molar-refractivity contribution in [1.82, 2.24) is 4.98 Å². The van der Waals surface area contributed by atoms with Gasteiger partial charge in [-0.05, 0) is 23.8 Å². The highest BCUT2D eigenvalue weighted by Crippen LogP contribution is 2.27. The number of benzene rings is 1. The lowest BCUT2D eigenvalue weighted by Gasteiger charge is -2.29.